The van der Waals surface area contributed by atoms with Gasteiger partial charge in [0, 0.05) is 31.3 Å². The summed E-state index contributed by atoms with van der Waals surface area (Å²) in [6, 6.07) is 13.0. The molecule has 1 fully saturated rings. The number of urea groups is 1. The van der Waals surface area contributed by atoms with Crippen molar-refractivity contribution in [1.29, 1.82) is 0 Å². The van der Waals surface area contributed by atoms with Crippen LogP contribution < -0.4 is 10.6 Å². The summed E-state index contributed by atoms with van der Waals surface area (Å²) >= 11 is 0. The number of anilines is 1. The van der Waals surface area contributed by atoms with Crippen molar-refractivity contribution in [2.45, 2.75) is 26.1 Å². The second-order valence-electron chi connectivity index (χ2n) is 7.15. The van der Waals surface area contributed by atoms with Crippen LogP contribution in [0.3, 0.4) is 0 Å². The molecule has 2 aliphatic heterocycles. The molecule has 0 radical (unpaired) electrons. The Bertz CT molecular complexity index is 1000. The van der Waals surface area contributed by atoms with Crippen molar-refractivity contribution >= 4 is 29.4 Å². The summed E-state index contributed by atoms with van der Waals surface area (Å²) in [5.41, 5.74) is 2.87. The third kappa shape index (κ3) is 3.69. The van der Waals surface area contributed by atoms with Crippen molar-refractivity contribution in [3.8, 4) is 0 Å². The number of nitrogens with one attached hydrogen (secondary N) is 2. The zero-order valence-corrected chi connectivity index (χ0v) is 15.8. The van der Waals surface area contributed by atoms with E-state index in [2.05, 4.69) is 10.6 Å². The van der Waals surface area contributed by atoms with Crippen LogP contribution in [-0.4, -0.2) is 46.1 Å². The second-order valence-corrected chi connectivity index (χ2v) is 7.15. The molecule has 2 heterocycles. The molecule has 0 saturated carbocycles. The summed E-state index contributed by atoms with van der Waals surface area (Å²) in [7, 11) is 0. The van der Waals surface area contributed by atoms with Gasteiger partial charge in [0.15, 0.2) is 0 Å². The van der Waals surface area contributed by atoms with Gasteiger partial charge in [0.05, 0.1) is 6.54 Å². The van der Waals surface area contributed by atoms with Gasteiger partial charge in [0.25, 0.3) is 11.8 Å². The average Bonchev–Trinajstić information content (AvgIpc) is 2.92. The molecule has 1 unspecified atom stereocenters. The molecule has 1 atom stereocenters. The van der Waals surface area contributed by atoms with E-state index >= 15 is 0 Å². The molecule has 1 saturated heterocycles. The van der Waals surface area contributed by atoms with E-state index < -0.39 is 18.0 Å². The molecule has 8 nitrogen and oxygen atoms in total. The van der Waals surface area contributed by atoms with Gasteiger partial charge in [-0.3, -0.25) is 19.7 Å². The van der Waals surface area contributed by atoms with E-state index in [9.17, 15) is 19.2 Å². The Hall–Kier alpha value is -3.68. The van der Waals surface area contributed by atoms with E-state index in [0.29, 0.717) is 24.3 Å². The van der Waals surface area contributed by atoms with Gasteiger partial charge in [0.1, 0.15) is 6.04 Å². The third-order valence-corrected chi connectivity index (χ3v) is 5.12. The van der Waals surface area contributed by atoms with Crippen LogP contribution in [-0.2, 0) is 22.7 Å². The molecular weight excluding hydrogens is 372 g/mol. The van der Waals surface area contributed by atoms with E-state index in [1.807, 2.05) is 24.3 Å². The minimum atomic E-state index is -0.724. The van der Waals surface area contributed by atoms with Gasteiger partial charge in [-0.2, -0.15) is 0 Å². The molecule has 0 spiro atoms. The number of hydrogen-bond acceptors (Lipinski definition) is 4. The molecule has 2 aromatic rings. The highest BCUT2D eigenvalue weighted by Crippen LogP contribution is 2.24. The fourth-order valence-corrected chi connectivity index (χ4v) is 3.67. The summed E-state index contributed by atoms with van der Waals surface area (Å²) in [4.78, 5) is 51.9. The number of rotatable bonds is 2. The summed E-state index contributed by atoms with van der Waals surface area (Å²) < 4.78 is 0. The van der Waals surface area contributed by atoms with Crippen LogP contribution in [0.25, 0.3) is 0 Å². The van der Waals surface area contributed by atoms with Crippen LogP contribution in [0.15, 0.2) is 48.5 Å². The molecule has 0 aromatic heterocycles. The lowest BCUT2D eigenvalue weighted by molar-refractivity contribution is -0.122. The quantitative estimate of drug-likeness (QED) is 0.761. The average molecular weight is 392 g/mol. The zero-order valence-electron chi connectivity index (χ0n) is 15.8. The predicted octanol–water partition coefficient (Wildman–Crippen LogP) is 1.72. The molecule has 2 N–H and O–H groups in total. The molecule has 2 aromatic carbocycles. The van der Waals surface area contributed by atoms with Crippen molar-refractivity contribution < 1.29 is 19.2 Å². The molecule has 0 bridgehead atoms. The van der Waals surface area contributed by atoms with Crippen LogP contribution >= 0.6 is 0 Å². The maximum atomic E-state index is 13.2. The highest BCUT2D eigenvalue weighted by atomic mass is 16.2. The summed E-state index contributed by atoms with van der Waals surface area (Å²) in [6.45, 7) is 2.19. The number of amides is 5. The number of carbonyl (C=O) groups is 4. The largest absolute Gasteiger partial charge is 0.332 e. The van der Waals surface area contributed by atoms with Crippen molar-refractivity contribution in [2.24, 2.45) is 0 Å². The van der Waals surface area contributed by atoms with Crippen LogP contribution in [0, 0.1) is 0 Å². The normalized spacial score (nSPS) is 18.3. The van der Waals surface area contributed by atoms with Gasteiger partial charge in [0.2, 0.25) is 5.91 Å². The highest BCUT2D eigenvalue weighted by Gasteiger charge is 2.41. The first-order valence-electron chi connectivity index (χ1n) is 9.27. The zero-order chi connectivity index (χ0) is 20.5. The van der Waals surface area contributed by atoms with E-state index in [4.69, 9.17) is 0 Å². The SMILES string of the molecule is CC(=O)Nc1ccc(C(=O)N2Cc3ccccc3CN3C(=O)NC(=O)C3C2)cc1. The molecule has 5 amide bonds. The number of nitrogens with zero attached hydrogens (tertiary/aromatic N) is 2. The first kappa shape index (κ1) is 18.7. The first-order chi connectivity index (χ1) is 13.9. The molecule has 4 rings (SSSR count). The predicted molar refractivity (Wildman–Crippen MR) is 105 cm³/mol. The lowest BCUT2D eigenvalue weighted by atomic mass is 10.0. The maximum absolute atomic E-state index is 13.2. The van der Waals surface area contributed by atoms with Gasteiger partial charge in [-0.05, 0) is 35.4 Å². The Labute approximate surface area is 167 Å². The minimum Gasteiger partial charge on any atom is -0.332 e. The summed E-state index contributed by atoms with van der Waals surface area (Å²) in [6.07, 6.45) is 0. The molecule has 148 valence electrons. The van der Waals surface area contributed by atoms with Crippen molar-refractivity contribution in [3.05, 3.63) is 65.2 Å². The fraction of sp³-hybridized carbons (Fsp3) is 0.238. The molecule has 0 aliphatic carbocycles. The number of fused-ring (bicyclic) bond motifs is 2. The van der Waals surface area contributed by atoms with Crippen molar-refractivity contribution in [2.75, 3.05) is 11.9 Å². The van der Waals surface area contributed by atoms with Crippen LogP contribution in [0.2, 0.25) is 0 Å². The number of carbonyl (C=O) groups excluding carboxylic acids is 4. The van der Waals surface area contributed by atoms with Gasteiger partial charge in [-0.1, -0.05) is 24.3 Å². The Morgan fingerprint density at radius 3 is 2.31 bits per heavy atom. The van der Waals surface area contributed by atoms with Gasteiger partial charge in [-0.25, -0.2) is 4.79 Å². The van der Waals surface area contributed by atoms with Gasteiger partial charge in [-0.15, -0.1) is 0 Å². The lowest BCUT2D eigenvalue weighted by Crippen LogP contribution is -2.47. The van der Waals surface area contributed by atoms with Gasteiger partial charge >= 0.3 is 6.03 Å². The van der Waals surface area contributed by atoms with Crippen LogP contribution in [0.1, 0.15) is 28.4 Å². The molecule has 8 heteroatoms. The minimum absolute atomic E-state index is 0.109. The standard InChI is InChI=1S/C21H20N4O4/c1-13(26)22-17-8-6-14(7-9-17)20(28)24-10-15-4-2-3-5-16(15)11-25-18(12-24)19(27)23-21(25)29/h2-9,18H,10-12H2,1H3,(H,22,26)(H,23,27,29). The Morgan fingerprint density at radius 2 is 1.66 bits per heavy atom. The number of benzene rings is 2. The smallest absolute Gasteiger partial charge is 0.325 e. The molecule has 2 aliphatic rings. The topological polar surface area (TPSA) is 98.8 Å². The van der Waals surface area contributed by atoms with Crippen molar-refractivity contribution in [1.82, 2.24) is 15.1 Å². The van der Waals surface area contributed by atoms with Gasteiger partial charge < -0.3 is 15.1 Å². The monoisotopic (exact) mass is 392 g/mol. The third-order valence-electron chi connectivity index (χ3n) is 5.12. The Kier molecular flexibility index (Phi) is 4.75. The van der Waals surface area contributed by atoms with E-state index in [1.165, 1.54) is 11.8 Å². The van der Waals surface area contributed by atoms with E-state index in [1.54, 1.807) is 29.2 Å². The Morgan fingerprint density at radius 1 is 1.00 bits per heavy atom. The second kappa shape index (κ2) is 7.38. The fourth-order valence-electron chi connectivity index (χ4n) is 3.67. The van der Waals surface area contributed by atoms with E-state index in [-0.39, 0.29) is 18.4 Å². The maximum Gasteiger partial charge on any atom is 0.325 e. The summed E-state index contributed by atoms with van der Waals surface area (Å²) in [5.74, 6) is -0.835. The van der Waals surface area contributed by atoms with Crippen molar-refractivity contribution in [3.63, 3.8) is 0 Å². The van der Waals surface area contributed by atoms with Crippen LogP contribution in [0.5, 0.6) is 0 Å². The first-order valence-corrected chi connectivity index (χ1v) is 9.27. The lowest BCUT2D eigenvalue weighted by Gasteiger charge is -2.33. The number of imide groups is 1. The highest BCUT2D eigenvalue weighted by molar-refractivity contribution is 6.05. The molecule has 29 heavy (non-hydrogen) atoms. The molecular formula is C21H20N4O4. The van der Waals surface area contributed by atoms with E-state index in [0.717, 1.165) is 11.1 Å². The van der Waals surface area contributed by atoms with Crippen LogP contribution in [0.4, 0.5) is 10.5 Å². The Balaban J connectivity index is 1.65. The number of hydrogen-bond donors (Lipinski definition) is 2. The summed E-state index contributed by atoms with van der Waals surface area (Å²) in [5, 5.41) is 5.00.